The average Bonchev–Trinajstić information content (AvgIpc) is 3.21. The van der Waals surface area contributed by atoms with Crippen LogP contribution in [0.4, 0.5) is 0 Å². The molecule has 8 heteroatoms. The Labute approximate surface area is 228 Å². The van der Waals surface area contributed by atoms with Gasteiger partial charge in [-0.2, -0.15) is 8.42 Å². The second-order valence-corrected chi connectivity index (χ2v) is 16.0. The lowest BCUT2D eigenvalue weighted by Crippen LogP contribution is -2.67. The third-order valence-electron chi connectivity index (χ3n) is 13.8. The number of carbonyl (C=O) groups is 1. The van der Waals surface area contributed by atoms with Gasteiger partial charge in [0.25, 0.3) is 0 Å². The van der Waals surface area contributed by atoms with Crippen molar-refractivity contribution < 1.29 is 32.2 Å². The van der Waals surface area contributed by atoms with Gasteiger partial charge in [-0.1, -0.05) is 41.2 Å². The molecule has 0 spiro atoms. The summed E-state index contributed by atoms with van der Waals surface area (Å²) in [5.74, 6) is 0.385. The Morgan fingerprint density at radius 1 is 0.895 bits per heavy atom. The zero-order valence-corrected chi connectivity index (χ0v) is 24.6. The van der Waals surface area contributed by atoms with Crippen LogP contribution < -0.4 is 0 Å². The number of hydrogen-bond acceptors (Lipinski definition) is 5. The Hall–Kier alpha value is -0.960. The minimum atomic E-state index is -4.52. The predicted octanol–water partition coefficient (Wildman–Crippen LogP) is 5.89. The summed E-state index contributed by atoms with van der Waals surface area (Å²) in [5, 5.41) is 20.5. The highest BCUT2D eigenvalue weighted by Crippen LogP contribution is 2.77. The molecule has 5 fully saturated rings. The van der Waals surface area contributed by atoms with Crippen LogP contribution in [0, 0.1) is 56.7 Å². The summed E-state index contributed by atoms with van der Waals surface area (Å²) < 4.78 is 38.0. The van der Waals surface area contributed by atoms with Gasteiger partial charge in [0.05, 0.1) is 18.1 Å². The predicted molar refractivity (Wildman–Crippen MR) is 144 cm³/mol. The molecule has 0 heterocycles. The van der Waals surface area contributed by atoms with Crippen molar-refractivity contribution >= 4 is 16.4 Å². The Morgan fingerprint density at radius 2 is 1.58 bits per heavy atom. The quantitative estimate of drug-likeness (QED) is 0.287. The van der Waals surface area contributed by atoms with E-state index < -0.39 is 33.3 Å². The van der Waals surface area contributed by atoms with Crippen molar-refractivity contribution in [2.24, 2.45) is 56.7 Å². The largest absolute Gasteiger partial charge is 0.481 e. The molecule has 0 aromatic carbocycles. The van der Waals surface area contributed by atoms with E-state index in [4.69, 9.17) is 4.18 Å². The first kappa shape index (κ1) is 28.6. The minimum Gasteiger partial charge on any atom is -0.481 e. The summed E-state index contributed by atoms with van der Waals surface area (Å²) in [6.45, 7) is 15.6. The van der Waals surface area contributed by atoms with Gasteiger partial charge in [0.15, 0.2) is 0 Å². The smallest absolute Gasteiger partial charge is 0.397 e. The minimum absolute atomic E-state index is 0.00860. The second-order valence-electron chi connectivity index (χ2n) is 15.0. The molecule has 0 aromatic rings. The number of fused-ring (bicyclic) bond motifs is 7. The summed E-state index contributed by atoms with van der Waals surface area (Å²) in [6.07, 6.45) is 7.98. The van der Waals surface area contributed by atoms with Gasteiger partial charge in [-0.25, -0.2) is 4.18 Å². The van der Waals surface area contributed by atoms with E-state index in [1.807, 2.05) is 0 Å². The molecule has 7 nitrogen and oxygen atoms in total. The highest BCUT2D eigenvalue weighted by molar-refractivity contribution is 7.80. The van der Waals surface area contributed by atoms with Crippen LogP contribution in [-0.2, 0) is 19.4 Å². The lowest BCUT2D eigenvalue weighted by Gasteiger charge is -2.72. The van der Waals surface area contributed by atoms with Crippen molar-refractivity contribution in [3.05, 3.63) is 12.2 Å². The highest BCUT2D eigenvalue weighted by atomic mass is 32.3. The molecule has 0 saturated heterocycles. The zero-order valence-electron chi connectivity index (χ0n) is 23.8. The van der Waals surface area contributed by atoms with Crippen LogP contribution in [0.1, 0.15) is 98.8 Å². The number of carboxylic acids is 1. The van der Waals surface area contributed by atoms with Crippen LogP contribution in [0.25, 0.3) is 0 Å². The maximum Gasteiger partial charge on any atom is 0.397 e. The molecule has 0 radical (unpaired) electrons. The maximum absolute atomic E-state index is 12.8. The molecule has 5 saturated carbocycles. The molecule has 38 heavy (non-hydrogen) atoms. The fraction of sp³-hybridized carbons (Fsp3) is 0.900. The number of aliphatic hydroxyl groups is 1. The number of hydrogen-bond donors (Lipinski definition) is 3. The second kappa shape index (κ2) is 8.77. The van der Waals surface area contributed by atoms with Gasteiger partial charge in [0.2, 0.25) is 0 Å². The first-order valence-electron chi connectivity index (χ1n) is 14.7. The number of aliphatic carboxylic acids is 1. The van der Waals surface area contributed by atoms with Crippen molar-refractivity contribution in [3.63, 3.8) is 0 Å². The molecular weight excluding hydrogens is 504 g/mol. The van der Waals surface area contributed by atoms with E-state index in [1.54, 1.807) is 0 Å². The van der Waals surface area contributed by atoms with Crippen LogP contribution >= 0.6 is 0 Å². The summed E-state index contributed by atoms with van der Waals surface area (Å²) in [6, 6.07) is 0. The topological polar surface area (TPSA) is 121 Å². The first-order valence-corrected chi connectivity index (χ1v) is 16.0. The van der Waals surface area contributed by atoms with Gasteiger partial charge in [-0.05, 0) is 121 Å². The highest BCUT2D eigenvalue weighted by Gasteiger charge is 2.72. The third-order valence-corrected chi connectivity index (χ3v) is 14.2. The van der Waals surface area contributed by atoms with Crippen LogP contribution in [0.5, 0.6) is 0 Å². The van der Waals surface area contributed by atoms with Crippen LogP contribution in [0.3, 0.4) is 0 Å². The summed E-state index contributed by atoms with van der Waals surface area (Å²) >= 11 is 0. The molecule has 0 amide bonds. The molecule has 0 bridgehead atoms. The number of carboxylic acid groups (broad SMARTS) is 1. The van der Waals surface area contributed by atoms with Gasteiger partial charge in [-0.3, -0.25) is 9.35 Å². The van der Waals surface area contributed by atoms with Crippen LogP contribution in [-0.4, -0.2) is 41.9 Å². The average molecular weight is 553 g/mol. The molecule has 5 unspecified atom stereocenters. The Kier molecular flexibility index (Phi) is 6.59. The van der Waals surface area contributed by atoms with E-state index in [9.17, 15) is 28.0 Å². The lowest BCUT2D eigenvalue weighted by molar-refractivity contribution is -0.246. The van der Waals surface area contributed by atoms with Gasteiger partial charge in [0.1, 0.15) is 0 Å². The van der Waals surface area contributed by atoms with E-state index in [0.29, 0.717) is 25.2 Å². The summed E-state index contributed by atoms with van der Waals surface area (Å²) in [4.78, 5) is 12.8. The molecular formula is C30H48O7S. The lowest BCUT2D eigenvalue weighted by atomic mass is 9.32. The molecule has 5 rings (SSSR count). The molecule has 10 atom stereocenters. The van der Waals surface area contributed by atoms with Gasteiger partial charge < -0.3 is 10.2 Å². The molecule has 0 aromatic heterocycles. The van der Waals surface area contributed by atoms with Crippen LogP contribution in [0.15, 0.2) is 12.2 Å². The van der Waals surface area contributed by atoms with E-state index >= 15 is 0 Å². The van der Waals surface area contributed by atoms with Gasteiger partial charge in [-0.15, -0.1) is 0 Å². The van der Waals surface area contributed by atoms with Crippen molar-refractivity contribution in [1.82, 2.24) is 0 Å². The molecule has 5 aliphatic rings. The maximum atomic E-state index is 12.8. The van der Waals surface area contributed by atoms with Crippen molar-refractivity contribution in [2.45, 2.75) is 105 Å². The van der Waals surface area contributed by atoms with E-state index in [2.05, 4.69) is 41.2 Å². The SMILES string of the molecule is C=C(CO)C1CC[C@]2(C(=O)O)CC[C@]3(C)C(CCC4[C@@]5(C)CC[C@H](OS(=O)(=O)O)C(C)(C)C5CC[C@]43C)C12. The summed E-state index contributed by atoms with van der Waals surface area (Å²) in [7, 11) is -4.52. The molecule has 216 valence electrons. The Bertz CT molecular complexity index is 1120. The summed E-state index contributed by atoms with van der Waals surface area (Å²) in [5.41, 5.74) is -0.296. The zero-order chi connectivity index (χ0) is 28.1. The normalized spacial score (nSPS) is 49.8. The fourth-order valence-corrected chi connectivity index (χ4v) is 12.5. The van der Waals surface area contributed by atoms with Crippen molar-refractivity contribution in [3.8, 4) is 0 Å². The standard InChI is InChI=1S/C30H48O7S/c1-18(17-31)19-9-14-30(25(32)33)16-15-28(5)20(24(19)30)7-8-22-27(4)12-11-23(37-38(34,35)36)26(2,3)21(27)10-13-29(22,28)6/h19-24,31H,1,7-17H2,2-6H3,(H,32,33)(H,34,35,36)/t19?,20?,21?,22?,23-,24?,27-,28+,29+,30-/m0/s1. The number of aliphatic hydroxyl groups excluding tert-OH is 1. The fourth-order valence-electron chi connectivity index (χ4n) is 11.8. The van der Waals surface area contributed by atoms with E-state index in [0.717, 1.165) is 50.5 Å². The monoisotopic (exact) mass is 552 g/mol. The molecule has 0 aliphatic heterocycles. The van der Waals surface area contributed by atoms with Crippen molar-refractivity contribution in [1.29, 1.82) is 0 Å². The third kappa shape index (κ3) is 3.68. The van der Waals surface area contributed by atoms with Crippen molar-refractivity contribution in [2.75, 3.05) is 6.61 Å². The first-order chi connectivity index (χ1) is 17.5. The van der Waals surface area contributed by atoms with Gasteiger partial charge >= 0.3 is 16.4 Å². The van der Waals surface area contributed by atoms with Crippen LogP contribution in [0.2, 0.25) is 0 Å². The van der Waals surface area contributed by atoms with E-state index in [1.165, 1.54) is 0 Å². The number of rotatable bonds is 5. The van der Waals surface area contributed by atoms with Gasteiger partial charge in [0, 0.05) is 0 Å². The molecule has 3 N–H and O–H groups in total. The van der Waals surface area contributed by atoms with E-state index in [-0.39, 0.29) is 46.5 Å². The Morgan fingerprint density at radius 3 is 2.18 bits per heavy atom. The molecule has 5 aliphatic carbocycles. The Balaban J connectivity index is 1.52.